The molecular weight excluding hydrogens is 321 g/mol. The van der Waals surface area contributed by atoms with Crippen LogP contribution in [0.5, 0.6) is 5.75 Å². The summed E-state index contributed by atoms with van der Waals surface area (Å²) in [5.41, 5.74) is 1.09. The van der Waals surface area contributed by atoms with Crippen LogP contribution in [-0.2, 0) is 15.8 Å². The average Bonchev–Trinajstić information content (AvgIpc) is 2.46. The van der Waals surface area contributed by atoms with Crippen LogP contribution in [0.4, 0.5) is 0 Å². The number of ether oxygens (including phenoxy) is 1. The lowest BCUT2D eigenvalue weighted by molar-refractivity contribution is -0.160. The molecule has 1 aromatic carbocycles. The van der Waals surface area contributed by atoms with Crippen molar-refractivity contribution in [3.8, 4) is 5.75 Å². The summed E-state index contributed by atoms with van der Waals surface area (Å²) in [6, 6.07) is 7.58. The number of aryl methyl sites for hydroxylation is 1. The van der Waals surface area contributed by atoms with E-state index >= 15 is 0 Å². The lowest BCUT2D eigenvalue weighted by atomic mass is 9.98. The number of amides is 1. The second kappa shape index (κ2) is 9.03. The van der Waals surface area contributed by atoms with Gasteiger partial charge in [0.1, 0.15) is 5.75 Å². The Bertz CT molecular complexity index is 539. The van der Waals surface area contributed by atoms with E-state index in [0.717, 1.165) is 17.7 Å². The molecule has 0 saturated carbocycles. The van der Waals surface area contributed by atoms with E-state index in [2.05, 4.69) is 0 Å². The molecule has 23 heavy (non-hydrogen) atoms. The molecule has 130 valence electrons. The van der Waals surface area contributed by atoms with E-state index in [9.17, 15) is 9.36 Å². The predicted octanol–water partition coefficient (Wildman–Crippen LogP) is 2.05. The predicted molar refractivity (Wildman–Crippen MR) is 85.5 cm³/mol. The molecule has 0 aliphatic heterocycles. The smallest absolute Gasteiger partial charge is 0.325 e. The fraction of sp³-hybridized carbons (Fsp3) is 0.533. The summed E-state index contributed by atoms with van der Waals surface area (Å²) < 4.78 is 16.3. The van der Waals surface area contributed by atoms with Gasteiger partial charge in [-0.15, -0.1) is 0 Å². The summed E-state index contributed by atoms with van der Waals surface area (Å²) in [6.07, 6.45) is 1.50. The SMILES string of the molecule is COc1ccc(CCC[C@H](CC(=O)N(C)O)CP(=O)(O)O)cc1. The maximum atomic E-state index is 11.6. The van der Waals surface area contributed by atoms with Crippen LogP contribution in [0, 0.1) is 5.92 Å². The van der Waals surface area contributed by atoms with Gasteiger partial charge in [-0.2, -0.15) is 0 Å². The molecule has 0 aliphatic rings. The summed E-state index contributed by atoms with van der Waals surface area (Å²) in [6.45, 7) is 0. The Morgan fingerprint density at radius 2 is 1.91 bits per heavy atom. The van der Waals surface area contributed by atoms with Crippen LogP contribution in [-0.4, -0.2) is 46.3 Å². The molecule has 0 spiro atoms. The van der Waals surface area contributed by atoms with Crippen LogP contribution in [0.1, 0.15) is 24.8 Å². The highest BCUT2D eigenvalue weighted by Gasteiger charge is 2.24. The molecule has 0 aromatic heterocycles. The van der Waals surface area contributed by atoms with Crippen LogP contribution in [0.3, 0.4) is 0 Å². The van der Waals surface area contributed by atoms with Crippen molar-refractivity contribution in [1.82, 2.24) is 5.06 Å². The highest BCUT2D eigenvalue weighted by Crippen LogP contribution is 2.39. The molecule has 0 bridgehead atoms. The van der Waals surface area contributed by atoms with Crippen molar-refractivity contribution in [2.45, 2.75) is 25.7 Å². The molecule has 8 heteroatoms. The normalized spacial score (nSPS) is 12.7. The molecule has 7 nitrogen and oxygen atoms in total. The minimum atomic E-state index is -4.20. The third-order valence-corrected chi connectivity index (χ3v) is 4.55. The number of hydroxylamine groups is 2. The van der Waals surface area contributed by atoms with Gasteiger partial charge in [0, 0.05) is 13.5 Å². The Labute approximate surface area is 136 Å². The van der Waals surface area contributed by atoms with Gasteiger partial charge in [0.2, 0.25) is 5.91 Å². The molecule has 0 heterocycles. The standard InChI is InChI=1S/C15H24NO6P/c1-16(18)15(17)10-13(11-23(19,20)21)5-3-4-12-6-8-14(22-2)9-7-12/h6-9,13,18H,3-5,10-11H2,1-2H3,(H2,19,20,21)/t13-/m1/s1. The first-order valence-corrected chi connectivity index (χ1v) is 9.14. The molecular formula is C15H24NO6P. The molecule has 1 atom stereocenters. The number of methoxy groups -OCH3 is 1. The molecule has 0 saturated heterocycles. The molecule has 0 radical (unpaired) electrons. The zero-order valence-corrected chi connectivity index (χ0v) is 14.3. The van der Waals surface area contributed by atoms with Gasteiger partial charge in [-0.25, -0.2) is 5.06 Å². The van der Waals surface area contributed by atoms with Gasteiger partial charge in [-0.3, -0.25) is 14.6 Å². The molecule has 0 unspecified atom stereocenters. The van der Waals surface area contributed by atoms with E-state index in [1.54, 1.807) is 7.11 Å². The first kappa shape index (κ1) is 19.6. The monoisotopic (exact) mass is 345 g/mol. The number of benzene rings is 1. The van der Waals surface area contributed by atoms with Gasteiger partial charge in [0.05, 0.1) is 13.3 Å². The quantitative estimate of drug-likeness (QED) is 0.359. The van der Waals surface area contributed by atoms with Crippen LogP contribution < -0.4 is 4.74 Å². The Hall–Kier alpha value is -1.40. The summed E-state index contributed by atoms with van der Waals surface area (Å²) in [7, 11) is -1.40. The van der Waals surface area contributed by atoms with Gasteiger partial charge < -0.3 is 14.5 Å². The average molecular weight is 345 g/mol. The van der Waals surface area contributed by atoms with Gasteiger partial charge in [0.15, 0.2) is 0 Å². The largest absolute Gasteiger partial charge is 0.497 e. The number of hydrogen-bond donors (Lipinski definition) is 3. The van der Waals surface area contributed by atoms with Crippen LogP contribution in [0.2, 0.25) is 0 Å². The maximum absolute atomic E-state index is 11.6. The van der Waals surface area contributed by atoms with Gasteiger partial charge in [-0.05, 0) is 42.9 Å². The highest BCUT2D eigenvalue weighted by atomic mass is 31.2. The molecule has 0 fully saturated rings. The first-order chi connectivity index (χ1) is 10.7. The zero-order valence-electron chi connectivity index (χ0n) is 13.4. The number of carbonyl (C=O) groups excluding carboxylic acids is 1. The van der Waals surface area contributed by atoms with Gasteiger partial charge in [-0.1, -0.05) is 12.1 Å². The highest BCUT2D eigenvalue weighted by molar-refractivity contribution is 7.51. The second-order valence-corrected chi connectivity index (χ2v) is 7.27. The van der Waals surface area contributed by atoms with E-state index in [-0.39, 0.29) is 12.6 Å². The minimum absolute atomic E-state index is 0.0826. The van der Waals surface area contributed by atoms with E-state index in [1.807, 2.05) is 24.3 Å². The minimum Gasteiger partial charge on any atom is -0.497 e. The topological polar surface area (TPSA) is 107 Å². The summed E-state index contributed by atoms with van der Waals surface area (Å²) in [5, 5.41) is 9.55. The van der Waals surface area contributed by atoms with Crippen molar-refractivity contribution < 1.29 is 29.1 Å². The maximum Gasteiger partial charge on any atom is 0.325 e. The number of hydrogen-bond acceptors (Lipinski definition) is 4. The molecule has 1 aromatic rings. The third kappa shape index (κ3) is 8.13. The number of carbonyl (C=O) groups is 1. The van der Waals surface area contributed by atoms with E-state index in [4.69, 9.17) is 19.7 Å². The van der Waals surface area contributed by atoms with Crippen molar-refractivity contribution >= 4 is 13.5 Å². The molecule has 0 aliphatic carbocycles. The summed E-state index contributed by atoms with van der Waals surface area (Å²) in [4.78, 5) is 29.8. The lowest BCUT2D eigenvalue weighted by Crippen LogP contribution is -2.26. The van der Waals surface area contributed by atoms with E-state index in [1.165, 1.54) is 7.05 Å². The lowest BCUT2D eigenvalue weighted by Gasteiger charge is -2.18. The summed E-state index contributed by atoms with van der Waals surface area (Å²) in [5.74, 6) is -0.242. The number of rotatable bonds is 9. The number of nitrogens with zero attached hydrogens (tertiary/aromatic N) is 1. The summed E-state index contributed by atoms with van der Waals surface area (Å²) >= 11 is 0. The third-order valence-electron chi connectivity index (χ3n) is 3.56. The van der Waals surface area contributed by atoms with Crippen molar-refractivity contribution in [3.63, 3.8) is 0 Å². The second-order valence-electron chi connectivity index (χ2n) is 5.58. The Morgan fingerprint density at radius 1 is 1.30 bits per heavy atom. The Morgan fingerprint density at radius 3 is 2.39 bits per heavy atom. The van der Waals surface area contributed by atoms with E-state index < -0.39 is 19.4 Å². The van der Waals surface area contributed by atoms with Gasteiger partial charge >= 0.3 is 7.60 Å². The van der Waals surface area contributed by atoms with E-state index in [0.29, 0.717) is 17.9 Å². The van der Waals surface area contributed by atoms with Crippen molar-refractivity contribution in [2.24, 2.45) is 5.92 Å². The Balaban J connectivity index is 2.55. The van der Waals surface area contributed by atoms with Crippen molar-refractivity contribution in [2.75, 3.05) is 20.3 Å². The molecule has 1 amide bonds. The van der Waals surface area contributed by atoms with Crippen molar-refractivity contribution in [3.05, 3.63) is 29.8 Å². The van der Waals surface area contributed by atoms with Crippen LogP contribution in [0.15, 0.2) is 24.3 Å². The van der Waals surface area contributed by atoms with Gasteiger partial charge in [0.25, 0.3) is 0 Å². The van der Waals surface area contributed by atoms with Crippen LogP contribution in [0.25, 0.3) is 0 Å². The zero-order chi connectivity index (χ0) is 17.5. The fourth-order valence-corrected chi connectivity index (χ4v) is 3.34. The molecule has 1 rings (SSSR count). The van der Waals surface area contributed by atoms with Crippen LogP contribution >= 0.6 is 7.60 Å². The fourth-order valence-electron chi connectivity index (χ4n) is 2.36. The van der Waals surface area contributed by atoms with Crippen molar-refractivity contribution in [1.29, 1.82) is 0 Å². The molecule has 3 N–H and O–H groups in total. The first-order valence-electron chi connectivity index (χ1n) is 7.34. The Kier molecular flexibility index (Phi) is 7.72.